The summed E-state index contributed by atoms with van der Waals surface area (Å²) >= 11 is 3.46. The molecule has 2 aromatic rings. The fourth-order valence-corrected chi connectivity index (χ4v) is 1.96. The van der Waals surface area contributed by atoms with Gasteiger partial charge in [0.15, 0.2) is 11.6 Å². The highest BCUT2D eigenvalue weighted by Crippen LogP contribution is 2.34. The standard InChI is InChI=1S/C12H14BrN5O2/c1-19-7-3-4-8(13)9(5-7)17-11-10(20-2)12(18-14)16-6-15-11/h3-6H,14H2,1-2H3,(H2,15,16,17,18). The molecular weight excluding hydrogens is 326 g/mol. The van der Waals surface area contributed by atoms with Crippen LogP contribution in [0.25, 0.3) is 0 Å². The Morgan fingerprint density at radius 2 is 1.90 bits per heavy atom. The van der Waals surface area contributed by atoms with Crippen LogP contribution >= 0.6 is 15.9 Å². The van der Waals surface area contributed by atoms with E-state index in [4.69, 9.17) is 15.3 Å². The van der Waals surface area contributed by atoms with Gasteiger partial charge in [0, 0.05) is 10.5 Å². The van der Waals surface area contributed by atoms with Crippen LogP contribution in [-0.4, -0.2) is 24.2 Å². The van der Waals surface area contributed by atoms with Gasteiger partial charge in [-0.1, -0.05) is 0 Å². The number of ether oxygens (including phenoxy) is 2. The second-order valence-corrected chi connectivity index (χ2v) is 4.57. The summed E-state index contributed by atoms with van der Waals surface area (Å²) in [6.45, 7) is 0. The molecule has 4 N–H and O–H groups in total. The highest BCUT2D eigenvalue weighted by molar-refractivity contribution is 9.10. The molecule has 0 fully saturated rings. The Hall–Kier alpha value is -2.06. The van der Waals surface area contributed by atoms with Gasteiger partial charge in [-0.2, -0.15) is 0 Å². The van der Waals surface area contributed by atoms with Gasteiger partial charge in [-0.15, -0.1) is 0 Å². The van der Waals surface area contributed by atoms with Crippen LogP contribution in [0.4, 0.5) is 17.3 Å². The molecule has 0 bridgehead atoms. The number of hydrogen-bond acceptors (Lipinski definition) is 7. The van der Waals surface area contributed by atoms with Gasteiger partial charge in [0.1, 0.15) is 12.1 Å². The van der Waals surface area contributed by atoms with E-state index < -0.39 is 0 Å². The summed E-state index contributed by atoms with van der Waals surface area (Å²) in [7, 11) is 3.13. The summed E-state index contributed by atoms with van der Waals surface area (Å²) in [4.78, 5) is 8.12. The molecule has 1 heterocycles. The quantitative estimate of drug-likeness (QED) is 0.568. The van der Waals surface area contributed by atoms with Crippen LogP contribution < -0.4 is 26.1 Å². The number of hydrazine groups is 1. The third-order valence-corrected chi connectivity index (χ3v) is 3.26. The lowest BCUT2D eigenvalue weighted by Crippen LogP contribution is -2.11. The van der Waals surface area contributed by atoms with Crippen molar-refractivity contribution in [1.82, 2.24) is 9.97 Å². The average molecular weight is 340 g/mol. The number of nitrogens with zero attached hydrogens (tertiary/aromatic N) is 2. The minimum absolute atomic E-state index is 0.393. The van der Waals surface area contributed by atoms with Crippen LogP contribution in [0.5, 0.6) is 11.5 Å². The molecule has 7 nitrogen and oxygen atoms in total. The first-order chi connectivity index (χ1) is 9.69. The van der Waals surface area contributed by atoms with Gasteiger partial charge in [-0.3, -0.25) is 0 Å². The zero-order valence-electron chi connectivity index (χ0n) is 11.0. The highest BCUT2D eigenvalue weighted by atomic mass is 79.9. The van der Waals surface area contributed by atoms with Crippen LogP contribution in [0, 0.1) is 0 Å². The largest absolute Gasteiger partial charge is 0.497 e. The van der Waals surface area contributed by atoms with Gasteiger partial charge in [-0.25, -0.2) is 15.8 Å². The number of aromatic nitrogens is 2. The fraction of sp³-hybridized carbons (Fsp3) is 0.167. The minimum atomic E-state index is 0.393. The van der Waals surface area contributed by atoms with Gasteiger partial charge < -0.3 is 20.2 Å². The Labute approximate surface area is 124 Å². The second-order valence-electron chi connectivity index (χ2n) is 3.72. The van der Waals surface area contributed by atoms with Crippen molar-refractivity contribution in [2.24, 2.45) is 5.84 Å². The monoisotopic (exact) mass is 339 g/mol. The zero-order chi connectivity index (χ0) is 14.5. The van der Waals surface area contributed by atoms with E-state index in [0.717, 1.165) is 15.9 Å². The number of benzene rings is 1. The Morgan fingerprint density at radius 1 is 1.15 bits per heavy atom. The van der Waals surface area contributed by atoms with Crippen LogP contribution in [0.1, 0.15) is 0 Å². The molecular formula is C12H14BrN5O2. The minimum Gasteiger partial charge on any atom is -0.497 e. The van der Waals surface area contributed by atoms with Crippen molar-refractivity contribution < 1.29 is 9.47 Å². The van der Waals surface area contributed by atoms with E-state index in [1.54, 1.807) is 7.11 Å². The molecule has 1 aromatic carbocycles. The first-order valence-electron chi connectivity index (χ1n) is 5.65. The zero-order valence-corrected chi connectivity index (χ0v) is 12.6. The number of halogens is 1. The summed E-state index contributed by atoms with van der Waals surface area (Å²) in [6.07, 6.45) is 1.38. The summed E-state index contributed by atoms with van der Waals surface area (Å²) in [5.74, 6) is 7.41. The molecule has 1 aromatic heterocycles. The molecule has 0 atom stereocenters. The molecule has 20 heavy (non-hydrogen) atoms. The van der Waals surface area contributed by atoms with Gasteiger partial charge in [0.2, 0.25) is 5.75 Å². The summed E-state index contributed by atoms with van der Waals surface area (Å²) in [5.41, 5.74) is 3.24. The maximum atomic E-state index is 5.39. The molecule has 0 aliphatic rings. The average Bonchev–Trinajstić information content (AvgIpc) is 2.49. The van der Waals surface area contributed by atoms with E-state index in [2.05, 4.69) is 36.6 Å². The fourth-order valence-electron chi connectivity index (χ4n) is 1.61. The molecule has 106 valence electrons. The van der Waals surface area contributed by atoms with E-state index in [-0.39, 0.29) is 0 Å². The predicted octanol–water partition coefficient (Wildman–Crippen LogP) is 2.29. The van der Waals surface area contributed by atoms with Gasteiger partial charge in [0.05, 0.1) is 19.9 Å². The molecule has 0 saturated carbocycles. The molecule has 0 saturated heterocycles. The maximum absolute atomic E-state index is 5.39. The Bertz CT molecular complexity index is 608. The molecule has 0 spiro atoms. The van der Waals surface area contributed by atoms with Crippen molar-refractivity contribution in [1.29, 1.82) is 0 Å². The molecule has 8 heteroatoms. The van der Waals surface area contributed by atoms with Crippen molar-refractivity contribution >= 4 is 33.3 Å². The third-order valence-electron chi connectivity index (χ3n) is 2.57. The lowest BCUT2D eigenvalue weighted by molar-refractivity contribution is 0.414. The molecule has 2 rings (SSSR count). The van der Waals surface area contributed by atoms with Gasteiger partial charge in [0.25, 0.3) is 0 Å². The number of nitrogens with two attached hydrogens (primary N) is 1. The number of nitrogen functional groups attached to an aromatic ring is 1. The smallest absolute Gasteiger partial charge is 0.205 e. The first kappa shape index (κ1) is 14.4. The van der Waals surface area contributed by atoms with E-state index in [1.165, 1.54) is 13.4 Å². The molecule has 0 aliphatic carbocycles. The normalized spacial score (nSPS) is 10.0. The summed E-state index contributed by atoms with van der Waals surface area (Å²) in [6, 6.07) is 5.55. The van der Waals surface area contributed by atoms with E-state index in [9.17, 15) is 0 Å². The van der Waals surface area contributed by atoms with E-state index >= 15 is 0 Å². The van der Waals surface area contributed by atoms with Gasteiger partial charge >= 0.3 is 0 Å². The highest BCUT2D eigenvalue weighted by Gasteiger charge is 2.13. The SMILES string of the molecule is COc1ccc(Br)c(Nc2ncnc(NN)c2OC)c1. The Kier molecular flexibility index (Phi) is 4.59. The number of nitrogens with one attached hydrogen (secondary N) is 2. The maximum Gasteiger partial charge on any atom is 0.205 e. The third kappa shape index (κ3) is 2.91. The first-order valence-corrected chi connectivity index (χ1v) is 6.45. The van der Waals surface area contributed by atoms with Crippen molar-refractivity contribution in [2.75, 3.05) is 25.0 Å². The van der Waals surface area contributed by atoms with Crippen molar-refractivity contribution in [3.8, 4) is 11.5 Å². The molecule has 0 radical (unpaired) electrons. The number of hydrogen-bond donors (Lipinski definition) is 3. The van der Waals surface area contributed by atoms with Crippen molar-refractivity contribution in [3.63, 3.8) is 0 Å². The number of methoxy groups -OCH3 is 2. The summed E-state index contributed by atoms with van der Waals surface area (Å²) < 4.78 is 11.3. The van der Waals surface area contributed by atoms with Gasteiger partial charge in [-0.05, 0) is 28.1 Å². The number of rotatable bonds is 5. The Morgan fingerprint density at radius 3 is 2.55 bits per heavy atom. The second kappa shape index (κ2) is 6.40. The Balaban J connectivity index is 2.39. The van der Waals surface area contributed by atoms with Crippen LogP contribution in [0.3, 0.4) is 0 Å². The summed E-state index contributed by atoms with van der Waals surface area (Å²) in [5, 5.41) is 3.14. The topological polar surface area (TPSA) is 94.3 Å². The van der Waals surface area contributed by atoms with Crippen LogP contribution in [0.15, 0.2) is 29.0 Å². The van der Waals surface area contributed by atoms with E-state index in [1.807, 2.05) is 18.2 Å². The van der Waals surface area contributed by atoms with Crippen LogP contribution in [-0.2, 0) is 0 Å². The predicted molar refractivity (Wildman–Crippen MR) is 80.4 cm³/mol. The van der Waals surface area contributed by atoms with Crippen LogP contribution in [0.2, 0.25) is 0 Å². The lowest BCUT2D eigenvalue weighted by atomic mass is 10.3. The van der Waals surface area contributed by atoms with E-state index in [0.29, 0.717) is 17.4 Å². The lowest BCUT2D eigenvalue weighted by Gasteiger charge is -2.14. The van der Waals surface area contributed by atoms with Crippen molar-refractivity contribution in [2.45, 2.75) is 0 Å². The molecule has 0 unspecified atom stereocenters. The molecule has 0 aliphatic heterocycles. The molecule has 0 amide bonds. The van der Waals surface area contributed by atoms with Crippen molar-refractivity contribution in [3.05, 3.63) is 29.0 Å². The number of anilines is 3.